The summed E-state index contributed by atoms with van der Waals surface area (Å²) in [5.74, 6) is -0.129. The SMILES string of the molecule is Fc1ccccc1[CH2][Mg][Cl]. The molecule has 0 N–H and O–H groups in total. The highest BCUT2D eigenvalue weighted by atomic mass is 35.5. The molecule has 0 spiro atoms. The van der Waals surface area contributed by atoms with Gasteiger partial charge in [0, 0.05) is 0 Å². The summed E-state index contributed by atoms with van der Waals surface area (Å²) in [5.41, 5.74) is 0.754. The molecular weight excluding hydrogens is 163 g/mol. The van der Waals surface area contributed by atoms with E-state index in [1.807, 2.05) is 6.07 Å². The van der Waals surface area contributed by atoms with Gasteiger partial charge in [-0.2, -0.15) is 0 Å². The molecule has 1 aromatic rings. The van der Waals surface area contributed by atoms with Gasteiger partial charge in [0.25, 0.3) is 0 Å². The fraction of sp³-hybridized carbons (Fsp3) is 0.143. The lowest BCUT2D eigenvalue weighted by Crippen LogP contribution is -1.92. The first-order valence-corrected chi connectivity index (χ1v) is 6.28. The first-order valence-electron chi connectivity index (χ1n) is 3.14. The Hall–Kier alpha value is 0.206. The van der Waals surface area contributed by atoms with Crippen LogP contribution in [0.25, 0.3) is 0 Å². The second-order valence-corrected chi connectivity index (χ2v) is 4.04. The minimum atomic E-state index is -0.573. The Morgan fingerprint density at radius 3 is 2.70 bits per heavy atom. The highest BCUT2D eigenvalue weighted by molar-refractivity contribution is 6.93. The normalized spacial score (nSPS) is 9.00. The van der Waals surface area contributed by atoms with Crippen molar-refractivity contribution >= 4 is 28.3 Å². The molecule has 0 aliphatic carbocycles. The summed E-state index contributed by atoms with van der Waals surface area (Å²) in [6.45, 7) is 0. The van der Waals surface area contributed by atoms with E-state index in [-0.39, 0.29) is 5.82 Å². The van der Waals surface area contributed by atoms with Gasteiger partial charge in [-0.3, -0.25) is 0 Å². The van der Waals surface area contributed by atoms with Gasteiger partial charge in [-0.1, -0.05) is 22.7 Å². The predicted molar refractivity (Wildman–Crippen MR) is 41.7 cm³/mol. The lowest BCUT2D eigenvalue weighted by molar-refractivity contribution is 0.617. The molecule has 0 amide bonds. The van der Waals surface area contributed by atoms with Gasteiger partial charge in [0.2, 0.25) is 0 Å². The average Bonchev–Trinajstić information content (AvgIpc) is 1.94. The number of hydrogen-bond acceptors (Lipinski definition) is 0. The highest BCUT2D eigenvalue weighted by Crippen LogP contribution is 2.06. The Kier molecular flexibility index (Phi) is 3.46. The van der Waals surface area contributed by atoms with E-state index in [0.717, 1.165) is 10.1 Å². The number of benzene rings is 1. The maximum Gasteiger partial charge on any atom is 0.505 e. The zero-order chi connectivity index (χ0) is 7.40. The van der Waals surface area contributed by atoms with Crippen molar-refractivity contribution in [1.29, 1.82) is 0 Å². The van der Waals surface area contributed by atoms with E-state index in [1.54, 1.807) is 12.1 Å². The van der Waals surface area contributed by atoms with Gasteiger partial charge in [0.05, 0.1) is 0 Å². The van der Waals surface area contributed by atoms with Crippen molar-refractivity contribution in [1.82, 2.24) is 0 Å². The van der Waals surface area contributed by atoms with E-state index in [9.17, 15) is 4.39 Å². The van der Waals surface area contributed by atoms with E-state index in [4.69, 9.17) is 9.07 Å². The molecule has 0 bridgehead atoms. The highest BCUT2D eigenvalue weighted by Gasteiger charge is 1.99. The minimum Gasteiger partial charge on any atom is -0.345 e. The van der Waals surface area contributed by atoms with Crippen molar-refractivity contribution in [3.63, 3.8) is 0 Å². The van der Waals surface area contributed by atoms with Crippen LogP contribution in [-0.4, -0.2) is 19.3 Å². The summed E-state index contributed by atoms with van der Waals surface area (Å²) >= 11 is -0.573. The summed E-state index contributed by atoms with van der Waals surface area (Å²) in [4.78, 5) is 0. The molecule has 0 fully saturated rings. The quantitative estimate of drug-likeness (QED) is 0.595. The van der Waals surface area contributed by atoms with Crippen LogP contribution in [0.15, 0.2) is 24.3 Å². The standard InChI is InChI=1S/C7H6F.ClH.Mg/c1-6-4-2-3-5-7(6)8;;/h2-5H,1H2;1H;/q;;+1/p-1. The molecule has 0 radical (unpaired) electrons. The van der Waals surface area contributed by atoms with Gasteiger partial charge in [-0.15, -0.1) is 0 Å². The Morgan fingerprint density at radius 2 is 2.10 bits per heavy atom. The third-order valence-electron chi connectivity index (χ3n) is 1.32. The van der Waals surface area contributed by atoms with E-state index in [2.05, 4.69) is 0 Å². The first-order chi connectivity index (χ1) is 4.84. The summed E-state index contributed by atoms with van der Waals surface area (Å²) < 4.78 is 13.5. The summed E-state index contributed by atoms with van der Waals surface area (Å²) in [6, 6.07) is 6.77. The summed E-state index contributed by atoms with van der Waals surface area (Å²) in [7, 11) is 5.58. The molecule has 1 aromatic carbocycles. The molecule has 0 aliphatic heterocycles. The van der Waals surface area contributed by atoms with E-state index < -0.39 is 19.3 Å². The molecule has 0 nitrogen and oxygen atoms in total. The molecule has 1 rings (SSSR count). The minimum absolute atomic E-state index is 0.129. The van der Waals surface area contributed by atoms with Crippen LogP contribution in [0, 0.1) is 5.82 Å². The molecule has 3 heteroatoms. The molecule has 10 heavy (non-hydrogen) atoms. The molecule has 0 saturated carbocycles. The third-order valence-corrected chi connectivity index (χ3v) is 2.62. The van der Waals surface area contributed by atoms with Crippen LogP contribution in [-0.2, 0) is 4.55 Å². The topological polar surface area (TPSA) is 0 Å². The van der Waals surface area contributed by atoms with E-state index >= 15 is 0 Å². The molecule has 0 heterocycles. The van der Waals surface area contributed by atoms with E-state index in [0.29, 0.717) is 0 Å². The van der Waals surface area contributed by atoms with Crippen LogP contribution in [0.2, 0.25) is 0 Å². The molecule has 0 aromatic heterocycles. The summed E-state index contributed by atoms with van der Waals surface area (Å²) in [6.07, 6.45) is 0. The summed E-state index contributed by atoms with van der Waals surface area (Å²) in [5, 5.41) is 0. The van der Waals surface area contributed by atoms with Crippen LogP contribution in [0.5, 0.6) is 0 Å². The second kappa shape index (κ2) is 4.16. The van der Waals surface area contributed by atoms with Gasteiger partial charge in [-0.25, -0.2) is 4.39 Å². The van der Waals surface area contributed by atoms with Gasteiger partial charge >= 0.3 is 19.3 Å². The van der Waals surface area contributed by atoms with Crippen molar-refractivity contribution in [2.45, 2.75) is 4.55 Å². The molecule has 0 unspecified atom stereocenters. The van der Waals surface area contributed by atoms with Gasteiger partial charge < -0.3 is 9.07 Å². The molecule has 0 aliphatic rings. The molecule has 50 valence electrons. The monoisotopic (exact) mass is 168 g/mol. The fourth-order valence-electron chi connectivity index (χ4n) is 0.803. The lowest BCUT2D eigenvalue weighted by Gasteiger charge is -1.96. The number of rotatable bonds is 2. The zero-order valence-electron chi connectivity index (χ0n) is 5.48. The predicted octanol–water partition coefficient (Wildman–Crippen LogP) is 2.18. The van der Waals surface area contributed by atoms with E-state index in [1.165, 1.54) is 6.07 Å². The smallest absolute Gasteiger partial charge is 0.345 e. The van der Waals surface area contributed by atoms with Crippen molar-refractivity contribution in [2.24, 2.45) is 0 Å². The van der Waals surface area contributed by atoms with Crippen LogP contribution in [0.1, 0.15) is 5.56 Å². The van der Waals surface area contributed by atoms with Crippen molar-refractivity contribution in [3.05, 3.63) is 35.6 Å². The third kappa shape index (κ3) is 2.11. The van der Waals surface area contributed by atoms with Crippen molar-refractivity contribution in [2.75, 3.05) is 0 Å². The first kappa shape index (κ1) is 8.30. The van der Waals surface area contributed by atoms with Crippen LogP contribution >= 0.6 is 9.07 Å². The number of halogens is 2. The zero-order valence-corrected chi connectivity index (χ0v) is 7.65. The molecule has 0 saturated heterocycles. The largest absolute Gasteiger partial charge is 0.505 e. The van der Waals surface area contributed by atoms with Gasteiger partial charge in [0.1, 0.15) is 5.82 Å². The van der Waals surface area contributed by atoms with Crippen molar-refractivity contribution < 1.29 is 4.39 Å². The second-order valence-electron chi connectivity index (χ2n) is 2.03. The molecular formula is C7H6ClFMg. The van der Waals surface area contributed by atoms with Gasteiger partial charge in [0.15, 0.2) is 0 Å². The Bertz CT molecular complexity index is 215. The number of hydrogen-bond donors (Lipinski definition) is 0. The van der Waals surface area contributed by atoms with Crippen LogP contribution < -0.4 is 0 Å². The Balaban J connectivity index is 2.81. The lowest BCUT2D eigenvalue weighted by atomic mass is 10.2. The fourth-order valence-corrected chi connectivity index (χ4v) is 2.02. The van der Waals surface area contributed by atoms with Crippen LogP contribution in [0.3, 0.4) is 0 Å². The average molecular weight is 169 g/mol. The maximum atomic E-state index is 12.7. The van der Waals surface area contributed by atoms with Gasteiger partial charge in [-0.05, 0) is 11.6 Å². The maximum absolute atomic E-state index is 12.7. The van der Waals surface area contributed by atoms with Crippen LogP contribution in [0.4, 0.5) is 4.39 Å². The molecule has 0 atom stereocenters. The Labute approximate surface area is 72.9 Å². The van der Waals surface area contributed by atoms with Crippen molar-refractivity contribution in [3.8, 4) is 0 Å². The Morgan fingerprint density at radius 1 is 1.40 bits per heavy atom.